The van der Waals surface area contributed by atoms with Crippen LogP contribution in [-0.2, 0) is 4.74 Å². The average Bonchev–Trinajstić information content (AvgIpc) is 2.43. The maximum absolute atomic E-state index is 5.24. The second-order valence-electron chi connectivity index (χ2n) is 6.01. The highest BCUT2D eigenvalue weighted by Crippen LogP contribution is 2.43. The number of guanidine groups is 1. The predicted molar refractivity (Wildman–Crippen MR) is 102 cm³/mol. The molecule has 0 radical (unpaired) electrons. The molecule has 126 valence electrons. The molecule has 0 aromatic carbocycles. The van der Waals surface area contributed by atoms with Gasteiger partial charge in [-0.25, -0.2) is 0 Å². The van der Waals surface area contributed by atoms with Crippen LogP contribution in [-0.4, -0.2) is 39.8 Å². The molecule has 0 heterocycles. The van der Waals surface area contributed by atoms with Crippen molar-refractivity contribution in [1.82, 2.24) is 10.6 Å². The van der Waals surface area contributed by atoms with Gasteiger partial charge in [0.25, 0.3) is 0 Å². The van der Waals surface area contributed by atoms with Crippen molar-refractivity contribution < 1.29 is 4.74 Å². The number of nitrogens with zero attached hydrogens (tertiary/aromatic N) is 1. The molecule has 2 N–H and O–H groups in total. The first-order valence-corrected chi connectivity index (χ1v) is 8.20. The Morgan fingerprint density at radius 3 is 2.48 bits per heavy atom. The van der Waals surface area contributed by atoms with Crippen molar-refractivity contribution >= 4 is 29.9 Å². The Bertz CT molecular complexity index is 281. The normalized spacial score (nSPS) is 16.8. The molecule has 1 rings (SSSR count). The highest BCUT2D eigenvalue weighted by atomic mass is 127. The molecule has 4 nitrogen and oxygen atoms in total. The molecule has 0 aromatic heterocycles. The molecular formula is C16H34IN3O. The maximum Gasteiger partial charge on any atom is 0.190 e. The number of unbranched alkanes of at least 4 members (excludes halogenated alkanes) is 3. The Morgan fingerprint density at radius 2 is 1.95 bits per heavy atom. The minimum atomic E-state index is 0. The Morgan fingerprint density at radius 1 is 1.19 bits per heavy atom. The topological polar surface area (TPSA) is 45.7 Å². The van der Waals surface area contributed by atoms with E-state index in [1.165, 1.54) is 44.9 Å². The lowest BCUT2D eigenvalue weighted by Gasteiger charge is -2.42. The molecular weight excluding hydrogens is 377 g/mol. The van der Waals surface area contributed by atoms with Gasteiger partial charge in [0, 0.05) is 33.9 Å². The van der Waals surface area contributed by atoms with Crippen molar-refractivity contribution in [2.45, 2.75) is 58.3 Å². The molecule has 21 heavy (non-hydrogen) atoms. The van der Waals surface area contributed by atoms with Crippen molar-refractivity contribution in [1.29, 1.82) is 0 Å². The van der Waals surface area contributed by atoms with Gasteiger partial charge in [-0.05, 0) is 31.1 Å². The van der Waals surface area contributed by atoms with Crippen molar-refractivity contribution in [2.24, 2.45) is 10.4 Å². The first kappa shape index (κ1) is 21.0. The van der Waals surface area contributed by atoms with E-state index in [0.29, 0.717) is 5.41 Å². The molecule has 0 saturated heterocycles. The van der Waals surface area contributed by atoms with Crippen LogP contribution in [0.25, 0.3) is 0 Å². The quantitative estimate of drug-likeness (QED) is 0.250. The molecule has 0 amide bonds. The minimum absolute atomic E-state index is 0. The summed E-state index contributed by atoms with van der Waals surface area (Å²) in [5, 5.41) is 6.91. The van der Waals surface area contributed by atoms with Gasteiger partial charge in [-0.15, -0.1) is 24.0 Å². The Labute approximate surface area is 147 Å². The Balaban J connectivity index is 0.00000400. The number of halogens is 1. The van der Waals surface area contributed by atoms with Crippen molar-refractivity contribution in [3.63, 3.8) is 0 Å². The molecule has 0 bridgehead atoms. The summed E-state index contributed by atoms with van der Waals surface area (Å²) in [6.45, 7) is 5.15. The number of nitrogens with one attached hydrogen (secondary N) is 2. The Kier molecular flexibility index (Phi) is 12.5. The number of ether oxygens (including phenoxy) is 1. The van der Waals surface area contributed by atoms with E-state index >= 15 is 0 Å². The third kappa shape index (κ3) is 8.24. The van der Waals surface area contributed by atoms with E-state index in [1.54, 1.807) is 7.11 Å². The van der Waals surface area contributed by atoms with E-state index in [4.69, 9.17) is 4.74 Å². The third-order valence-electron chi connectivity index (χ3n) is 4.43. The summed E-state index contributed by atoms with van der Waals surface area (Å²) in [5.74, 6) is 0.949. The van der Waals surface area contributed by atoms with Crippen LogP contribution >= 0.6 is 24.0 Å². The van der Waals surface area contributed by atoms with E-state index in [2.05, 4.69) is 22.5 Å². The van der Waals surface area contributed by atoms with E-state index < -0.39 is 0 Å². The van der Waals surface area contributed by atoms with Gasteiger partial charge in [0.05, 0.1) is 0 Å². The lowest BCUT2D eigenvalue weighted by atomic mass is 9.67. The van der Waals surface area contributed by atoms with Crippen LogP contribution < -0.4 is 10.6 Å². The zero-order valence-corrected chi connectivity index (χ0v) is 16.4. The number of methoxy groups -OCH3 is 1. The molecule has 1 saturated carbocycles. The highest BCUT2D eigenvalue weighted by molar-refractivity contribution is 14.0. The molecule has 0 unspecified atom stereocenters. The smallest absolute Gasteiger partial charge is 0.190 e. The zero-order valence-electron chi connectivity index (χ0n) is 14.0. The molecule has 0 spiro atoms. The minimum Gasteiger partial charge on any atom is -0.385 e. The molecule has 5 heteroatoms. The average molecular weight is 411 g/mol. The predicted octanol–water partition coefficient (Wildman–Crippen LogP) is 3.56. The molecule has 0 aliphatic heterocycles. The Hall–Kier alpha value is -0.0400. The summed E-state index contributed by atoms with van der Waals surface area (Å²) in [5.41, 5.74) is 0.440. The van der Waals surface area contributed by atoms with E-state index in [9.17, 15) is 0 Å². The summed E-state index contributed by atoms with van der Waals surface area (Å²) in [7, 11) is 3.64. The lowest BCUT2D eigenvalue weighted by Crippen LogP contribution is -2.47. The van der Waals surface area contributed by atoms with Crippen LogP contribution in [0.2, 0.25) is 0 Å². The van der Waals surface area contributed by atoms with Gasteiger partial charge in [0.1, 0.15) is 0 Å². The van der Waals surface area contributed by atoms with Gasteiger partial charge < -0.3 is 15.4 Å². The fraction of sp³-hybridized carbons (Fsp3) is 0.938. The summed E-state index contributed by atoms with van der Waals surface area (Å²) >= 11 is 0. The fourth-order valence-electron chi connectivity index (χ4n) is 2.76. The monoisotopic (exact) mass is 411 g/mol. The van der Waals surface area contributed by atoms with Gasteiger partial charge in [-0.3, -0.25) is 4.99 Å². The van der Waals surface area contributed by atoms with Crippen LogP contribution in [0, 0.1) is 5.41 Å². The lowest BCUT2D eigenvalue weighted by molar-refractivity contribution is 0.0732. The van der Waals surface area contributed by atoms with E-state index in [1.807, 2.05) is 7.05 Å². The maximum atomic E-state index is 5.24. The summed E-state index contributed by atoms with van der Waals surface area (Å²) < 4.78 is 5.24. The number of hydrogen-bond acceptors (Lipinski definition) is 2. The summed E-state index contributed by atoms with van der Waals surface area (Å²) in [6, 6.07) is 0. The second-order valence-corrected chi connectivity index (χ2v) is 6.01. The van der Waals surface area contributed by atoms with Crippen LogP contribution in [0.4, 0.5) is 0 Å². The molecule has 1 aliphatic carbocycles. The molecule has 1 fully saturated rings. The van der Waals surface area contributed by atoms with Gasteiger partial charge >= 0.3 is 0 Å². The van der Waals surface area contributed by atoms with Crippen molar-refractivity contribution in [2.75, 3.05) is 33.9 Å². The first-order valence-electron chi connectivity index (χ1n) is 8.20. The van der Waals surface area contributed by atoms with Crippen molar-refractivity contribution in [3.8, 4) is 0 Å². The summed E-state index contributed by atoms with van der Waals surface area (Å²) in [4.78, 5) is 4.31. The van der Waals surface area contributed by atoms with Gasteiger partial charge in [0.15, 0.2) is 5.96 Å². The molecule has 1 aliphatic rings. The molecule has 0 atom stereocenters. The standard InChI is InChI=1S/C16H33N3O.HI/c1-4-5-6-7-12-18-15(17-2)19-14-16(9-8-10-16)11-13-20-3;/h4-14H2,1-3H3,(H2,17,18,19);1H. The highest BCUT2D eigenvalue weighted by Gasteiger charge is 2.36. The van der Waals surface area contributed by atoms with Crippen LogP contribution in [0.15, 0.2) is 4.99 Å². The third-order valence-corrected chi connectivity index (χ3v) is 4.43. The summed E-state index contributed by atoms with van der Waals surface area (Å²) in [6.07, 6.45) is 10.3. The molecule has 0 aromatic rings. The first-order chi connectivity index (χ1) is 9.76. The van der Waals surface area contributed by atoms with Crippen LogP contribution in [0.3, 0.4) is 0 Å². The largest absolute Gasteiger partial charge is 0.385 e. The van der Waals surface area contributed by atoms with Crippen LogP contribution in [0.5, 0.6) is 0 Å². The number of rotatable bonds is 10. The van der Waals surface area contributed by atoms with E-state index in [0.717, 1.165) is 32.1 Å². The second kappa shape index (κ2) is 12.5. The number of hydrogen-bond donors (Lipinski definition) is 2. The van der Waals surface area contributed by atoms with Gasteiger partial charge in [-0.2, -0.15) is 0 Å². The van der Waals surface area contributed by atoms with Crippen LogP contribution in [0.1, 0.15) is 58.3 Å². The van der Waals surface area contributed by atoms with E-state index in [-0.39, 0.29) is 24.0 Å². The zero-order chi connectivity index (χ0) is 14.7. The van der Waals surface area contributed by atoms with Crippen molar-refractivity contribution in [3.05, 3.63) is 0 Å². The van der Waals surface area contributed by atoms with Gasteiger partial charge in [-0.1, -0.05) is 32.6 Å². The fourth-order valence-corrected chi connectivity index (χ4v) is 2.76. The number of aliphatic imine (C=N–C) groups is 1. The van der Waals surface area contributed by atoms with Gasteiger partial charge in [0.2, 0.25) is 0 Å². The SMILES string of the molecule is CCCCCCNC(=NC)NCC1(CCOC)CCC1.I.